The Kier molecular flexibility index (Phi) is 5.78. The molecule has 3 aromatic carbocycles. The van der Waals surface area contributed by atoms with Gasteiger partial charge >= 0.3 is 0 Å². The second-order valence-corrected chi connectivity index (χ2v) is 10.1. The van der Waals surface area contributed by atoms with Gasteiger partial charge in [-0.25, -0.2) is 8.42 Å². The zero-order valence-corrected chi connectivity index (χ0v) is 18.9. The van der Waals surface area contributed by atoms with Crippen LogP contribution in [0.1, 0.15) is 28.8 Å². The van der Waals surface area contributed by atoms with Crippen LogP contribution in [0.25, 0.3) is 0 Å². The zero-order chi connectivity index (χ0) is 22.8. The number of fused-ring (bicyclic) bond motifs is 2. The molecule has 2 heterocycles. The topological polar surface area (TPSA) is 87.7 Å². The maximum atomic E-state index is 13.5. The summed E-state index contributed by atoms with van der Waals surface area (Å²) in [6.07, 6.45) is 2.39. The highest BCUT2D eigenvalue weighted by Crippen LogP contribution is 2.40. The number of nitrogens with zero attached hydrogens (tertiary/aromatic N) is 1. The highest BCUT2D eigenvalue weighted by atomic mass is 32.2. The van der Waals surface area contributed by atoms with E-state index >= 15 is 0 Å². The molecule has 0 spiro atoms. The average Bonchev–Trinajstić information content (AvgIpc) is 3.33. The summed E-state index contributed by atoms with van der Waals surface area (Å²) in [5.41, 5.74) is 2.32. The van der Waals surface area contributed by atoms with Crippen molar-refractivity contribution in [1.82, 2.24) is 4.31 Å². The molecule has 0 aliphatic carbocycles. The van der Waals surface area contributed by atoms with Gasteiger partial charge in [-0.1, -0.05) is 42.5 Å². The number of para-hydroxylation sites is 2. The van der Waals surface area contributed by atoms with Gasteiger partial charge in [0.15, 0.2) is 5.75 Å². The third-order valence-electron chi connectivity index (χ3n) is 5.94. The van der Waals surface area contributed by atoms with Gasteiger partial charge in [0.2, 0.25) is 10.0 Å². The number of anilines is 2. The van der Waals surface area contributed by atoms with E-state index in [-0.39, 0.29) is 10.5 Å². The summed E-state index contributed by atoms with van der Waals surface area (Å²) in [5, 5.41) is 6.10. The first kappa shape index (κ1) is 21.5. The molecule has 5 rings (SSSR count). The summed E-state index contributed by atoms with van der Waals surface area (Å²) in [7, 11) is -3.77. The first-order valence-electron chi connectivity index (χ1n) is 11.1. The van der Waals surface area contributed by atoms with E-state index in [1.807, 2.05) is 36.4 Å². The minimum Gasteiger partial charge on any atom is -0.454 e. The third-order valence-corrected chi connectivity index (χ3v) is 7.87. The molecule has 0 aromatic heterocycles. The van der Waals surface area contributed by atoms with Crippen molar-refractivity contribution >= 4 is 27.3 Å². The molecule has 0 atom stereocenters. The lowest BCUT2D eigenvalue weighted by Gasteiger charge is -2.20. The summed E-state index contributed by atoms with van der Waals surface area (Å²) >= 11 is 0. The van der Waals surface area contributed by atoms with Crippen molar-refractivity contribution in [3.63, 3.8) is 0 Å². The molecule has 1 amide bonds. The second kappa shape index (κ2) is 8.88. The van der Waals surface area contributed by atoms with E-state index in [1.165, 1.54) is 10.4 Å². The molecule has 33 heavy (non-hydrogen) atoms. The van der Waals surface area contributed by atoms with E-state index in [1.54, 1.807) is 24.3 Å². The number of rotatable bonds is 6. The van der Waals surface area contributed by atoms with Crippen LogP contribution in [0.3, 0.4) is 0 Å². The number of ether oxygens (including phenoxy) is 1. The Morgan fingerprint density at radius 3 is 2.45 bits per heavy atom. The van der Waals surface area contributed by atoms with Crippen molar-refractivity contribution < 1.29 is 17.9 Å². The minimum atomic E-state index is -3.77. The number of benzene rings is 3. The number of carbonyl (C=O) groups is 1. The Morgan fingerprint density at radius 2 is 1.67 bits per heavy atom. The third kappa shape index (κ3) is 4.31. The van der Waals surface area contributed by atoms with Crippen LogP contribution in [-0.4, -0.2) is 38.3 Å². The summed E-state index contributed by atoms with van der Waals surface area (Å²) < 4.78 is 34.5. The molecule has 2 aliphatic rings. The predicted octanol–water partition coefficient (Wildman–Crippen LogP) is 4.48. The van der Waals surface area contributed by atoms with E-state index in [0.717, 1.165) is 24.8 Å². The van der Waals surface area contributed by atoms with Crippen molar-refractivity contribution in [1.29, 1.82) is 0 Å². The highest BCUT2D eigenvalue weighted by Gasteiger charge is 2.32. The van der Waals surface area contributed by atoms with Gasteiger partial charge in [-0.2, -0.15) is 4.31 Å². The Bertz CT molecular complexity index is 1290. The van der Waals surface area contributed by atoms with Crippen molar-refractivity contribution in [2.45, 2.75) is 24.2 Å². The highest BCUT2D eigenvalue weighted by molar-refractivity contribution is 7.89. The molecule has 170 valence electrons. The minimum absolute atomic E-state index is 0.0981. The van der Waals surface area contributed by atoms with E-state index in [4.69, 9.17) is 4.74 Å². The summed E-state index contributed by atoms with van der Waals surface area (Å²) in [6, 6.07) is 20.2. The van der Waals surface area contributed by atoms with Crippen molar-refractivity contribution in [2.75, 3.05) is 30.3 Å². The molecule has 0 unspecified atom stereocenters. The molecule has 0 bridgehead atoms. The van der Waals surface area contributed by atoms with E-state index in [9.17, 15) is 13.2 Å². The molecular weight excluding hydrogens is 438 g/mol. The first-order valence-corrected chi connectivity index (χ1v) is 12.5. The maximum absolute atomic E-state index is 13.5. The van der Waals surface area contributed by atoms with Gasteiger partial charge < -0.3 is 15.4 Å². The van der Waals surface area contributed by atoms with Gasteiger partial charge in [-0.05, 0) is 43.0 Å². The van der Waals surface area contributed by atoms with Crippen LogP contribution in [0.2, 0.25) is 0 Å². The van der Waals surface area contributed by atoms with Crippen LogP contribution < -0.4 is 15.4 Å². The standard InChI is InChI=1S/C25H25N3O4S/c29-25-19-16-24(33(30,31)28-14-6-7-15-28)21(26-13-12-18-8-2-1-3-9-18)17-23(19)32-22-11-5-4-10-20(22)27-25/h1-5,8-11,16-17,26H,6-7,12-15H2,(H,27,29). The molecule has 3 aromatic rings. The van der Waals surface area contributed by atoms with E-state index in [2.05, 4.69) is 10.6 Å². The van der Waals surface area contributed by atoms with Crippen LogP contribution in [0, 0.1) is 0 Å². The van der Waals surface area contributed by atoms with Gasteiger partial charge in [-0.15, -0.1) is 0 Å². The largest absolute Gasteiger partial charge is 0.454 e. The number of hydrogen-bond acceptors (Lipinski definition) is 5. The van der Waals surface area contributed by atoms with Gasteiger partial charge in [0.25, 0.3) is 5.91 Å². The fourth-order valence-corrected chi connectivity index (χ4v) is 5.89. The van der Waals surface area contributed by atoms with Gasteiger partial charge in [0.1, 0.15) is 10.6 Å². The fraction of sp³-hybridized carbons (Fsp3) is 0.240. The summed E-state index contributed by atoms with van der Waals surface area (Å²) in [4.78, 5) is 13.1. The predicted molar refractivity (Wildman–Crippen MR) is 128 cm³/mol. The smallest absolute Gasteiger partial charge is 0.259 e. The number of amides is 1. The van der Waals surface area contributed by atoms with Crippen LogP contribution >= 0.6 is 0 Å². The number of carbonyl (C=O) groups excluding carboxylic acids is 1. The lowest BCUT2D eigenvalue weighted by molar-refractivity contribution is 0.102. The number of nitrogens with one attached hydrogen (secondary N) is 2. The summed E-state index contributed by atoms with van der Waals surface area (Å²) in [6.45, 7) is 1.50. The van der Waals surface area contributed by atoms with Gasteiger partial charge in [-0.3, -0.25) is 4.79 Å². The normalized spacial score (nSPS) is 15.7. The van der Waals surface area contributed by atoms with Crippen LogP contribution in [0.4, 0.5) is 11.4 Å². The van der Waals surface area contributed by atoms with E-state index < -0.39 is 15.9 Å². The monoisotopic (exact) mass is 463 g/mol. The number of sulfonamides is 1. The molecule has 2 N–H and O–H groups in total. The lowest BCUT2D eigenvalue weighted by atomic mass is 10.1. The Balaban J connectivity index is 1.54. The zero-order valence-electron chi connectivity index (χ0n) is 18.1. The summed E-state index contributed by atoms with van der Waals surface area (Å²) in [5.74, 6) is 0.429. The second-order valence-electron chi connectivity index (χ2n) is 8.17. The van der Waals surface area contributed by atoms with E-state index in [0.29, 0.717) is 42.5 Å². The molecular formula is C25H25N3O4S. The van der Waals surface area contributed by atoms with Crippen LogP contribution in [-0.2, 0) is 16.4 Å². The number of hydrogen-bond donors (Lipinski definition) is 2. The SMILES string of the molecule is O=C1Nc2ccccc2Oc2cc(NCCc3ccccc3)c(S(=O)(=O)N3CCCC3)cc21. The molecule has 1 saturated heterocycles. The van der Waals surface area contributed by atoms with Crippen LogP contribution in [0.15, 0.2) is 71.6 Å². The lowest BCUT2D eigenvalue weighted by Crippen LogP contribution is -2.29. The van der Waals surface area contributed by atoms with Crippen molar-refractivity contribution in [2.24, 2.45) is 0 Å². The molecule has 1 fully saturated rings. The molecule has 0 radical (unpaired) electrons. The molecule has 8 heteroatoms. The molecule has 0 saturated carbocycles. The van der Waals surface area contributed by atoms with Gasteiger partial charge in [0.05, 0.1) is 16.9 Å². The Morgan fingerprint density at radius 1 is 0.939 bits per heavy atom. The van der Waals surface area contributed by atoms with Gasteiger partial charge in [0, 0.05) is 25.7 Å². The first-order chi connectivity index (χ1) is 16.0. The Hall–Kier alpha value is -3.36. The van der Waals surface area contributed by atoms with Crippen LogP contribution in [0.5, 0.6) is 11.5 Å². The van der Waals surface area contributed by atoms with Crippen molar-refractivity contribution in [3.8, 4) is 11.5 Å². The fourth-order valence-electron chi connectivity index (χ4n) is 4.19. The molecule has 2 aliphatic heterocycles. The Labute approximate surface area is 193 Å². The maximum Gasteiger partial charge on any atom is 0.259 e. The van der Waals surface area contributed by atoms with Crippen molar-refractivity contribution in [3.05, 3.63) is 77.9 Å². The molecule has 7 nitrogen and oxygen atoms in total. The quantitative estimate of drug-likeness (QED) is 0.563. The average molecular weight is 464 g/mol.